The Morgan fingerprint density at radius 1 is 1.29 bits per heavy atom. The molecule has 2 heterocycles. The summed E-state index contributed by atoms with van der Waals surface area (Å²) in [6.45, 7) is 4.20. The number of benzene rings is 1. The standard InChI is InChI=1S/C14H18N2O/c1-9-6-10(17-2)7-11-12-8-15-5-3-4-13(12)16-14(9)11/h6-7,15-16H,3-5,8H2,1-2H3. The van der Waals surface area contributed by atoms with Gasteiger partial charge in [0.1, 0.15) is 5.75 Å². The van der Waals surface area contributed by atoms with E-state index in [4.69, 9.17) is 4.74 Å². The molecule has 0 amide bonds. The molecule has 1 aromatic carbocycles. The fraction of sp³-hybridized carbons (Fsp3) is 0.429. The lowest BCUT2D eigenvalue weighted by Gasteiger charge is -2.04. The topological polar surface area (TPSA) is 37.0 Å². The van der Waals surface area contributed by atoms with Crippen molar-refractivity contribution in [3.05, 3.63) is 29.0 Å². The van der Waals surface area contributed by atoms with Gasteiger partial charge in [-0.05, 0) is 49.6 Å². The molecule has 2 aromatic rings. The minimum Gasteiger partial charge on any atom is -0.497 e. The van der Waals surface area contributed by atoms with Gasteiger partial charge >= 0.3 is 0 Å². The fourth-order valence-electron chi connectivity index (χ4n) is 2.68. The molecule has 0 unspecified atom stereocenters. The van der Waals surface area contributed by atoms with Crippen molar-refractivity contribution in [2.45, 2.75) is 26.3 Å². The third-order valence-corrected chi connectivity index (χ3v) is 3.59. The van der Waals surface area contributed by atoms with E-state index in [-0.39, 0.29) is 0 Å². The number of aryl methyl sites for hydroxylation is 2. The van der Waals surface area contributed by atoms with Crippen molar-refractivity contribution < 1.29 is 4.74 Å². The molecule has 3 nitrogen and oxygen atoms in total. The SMILES string of the molecule is COc1cc(C)c2[nH]c3c(c2c1)CNCCC3. The van der Waals surface area contributed by atoms with Crippen molar-refractivity contribution >= 4 is 10.9 Å². The van der Waals surface area contributed by atoms with E-state index in [1.165, 1.54) is 34.1 Å². The molecule has 17 heavy (non-hydrogen) atoms. The molecule has 3 rings (SSSR count). The van der Waals surface area contributed by atoms with Crippen LogP contribution in [0, 0.1) is 6.92 Å². The van der Waals surface area contributed by atoms with E-state index in [2.05, 4.69) is 29.4 Å². The zero-order chi connectivity index (χ0) is 11.8. The van der Waals surface area contributed by atoms with Crippen LogP contribution in [0.1, 0.15) is 23.2 Å². The lowest BCUT2D eigenvalue weighted by molar-refractivity contribution is 0.415. The number of H-pyrrole nitrogens is 1. The summed E-state index contributed by atoms with van der Waals surface area (Å²) in [5.74, 6) is 0.945. The van der Waals surface area contributed by atoms with Crippen molar-refractivity contribution in [3.63, 3.8) is 0 Å². The third-order valence-electron chi connectivity index (χ3n) is 3.59. The second kappa shape index (κ2) is 4.08. The van der Waals surface area contributed by atoms with E-state index < -0.39 is 0 Å². The highest BCUT2D eigenvalue weighted by atomic mass is 16.5. The second-order valence-corrected chi connectivity index (χ2v) is 4.73. The number of hydrogen-bond donors (Lipinski definition) is 2. The molecular formula is C14H18N2O. The molecule has 3 heteroatoms. The molecule has 1 aliphatic rings. The maximum absolute atomic E-state index is 5.36. The molecule has 0 saturated carbocycles. The van der Waals surface area contributed by atoms with E-state index in [1.54, 1.807) is 7.11 Å². The molecule has 90 valence electrons. The molecule has 0 spiro atoms. The van der Waals surface area contributed by atoms with Crippen molar-refractivity contribution in [2.75, 3.05) is 13.7 Å². The van der Waals surface area contributed by atoms with Crippen molar-refractivity contribution in [1.82, 2.24) is 10.3 Å². The minimum atomic E-state index is 0.945. The number of aromatic nitrogens is 1. The first-order valence-electron chi connectivity index (χ1n) is 6.18. The largest absolute Gasteiger partial charge is 0.497 e. The lowest BCUT2D eigenvalue weighted by Crippen LogP contribution is -2.11. The lowest BCUT2D eigenvalue weighted by atomic mass is 10.1. The van der Waals surface area contributed by atoms with Crippen LogP contribution in [0.5, 0.6) is 5.75 Å². The molecule has 2 N–H and O–H groups in total. The summed E-state index contributed by atoms with van der Waals surface area (Å²) in [5, 5.41) is 4.79. The number of hydrogen-bond acceptors (Lipinski definition) is 2. The predicted octanol–water partition coefficient (Wildman–Crippen LogP) is 2.52. The van der Waals surface area contributed by atoms with Gasteiger partial charge in [0.25, 0.3) is 0 Å². The first kappa shape index (κ1) is 10.7. The number of methoxy groups -OCH3 is 1. The van der Waals surface area contributed by atoms with Crippen molar-refractivity contribution in [3.8, 4) is 5.75 Å². The summed E-state index contributed by atoms with van der Waals surface area (Å²) in [7, 11) is 1.73. The quantitative estimate of drug-likeness (QED) is 0.790. The summed E-state index contributed by atoms with van der Waals surface area (Å²) in [5.41, 5.74) is 5.33. The Hall–Kier alpha value is -1.48. The maximum Gasteiger partial charge on any atom is 0.119 e. The average molecular weight is 230 g/mol. The summed E-state index contributed by atoms with van der Waals surface area (Å²) in [4.78, 5) is 3.58. The Morgan fingerprint density at radius 3 is 3.00 bits per heavy atom. The van der Waals surface area contributed by atoms with Gasteiger partial charge in [0.2, 0.25) is 0 Å². The van der Waals surface area contributed by atoms with Gasteiger partial charge in [-0.3, -0.25) is 0 Å². The Kier molecular flexibility index (Phi) is 2.56. The number of nitrogens with one attached hydrogen (secondary N) is 2. The number of rotatable bonds is 1. The molecule has 0 aliphatic carbocycles. The fourth-order valence-corrected chi connectivity index (χ4v) is 2.68. The minimum absolute atomic E-state index is 0.945. The van der Waals surface area contributed by atoms with Crippen LogP contribution in [0.15, 0.2) is 12.1 Å². The molecular weight excluding hydrogens is 212 g/mol. The van der Waals surface area contributed by atoms with Gasteiger partial charge in [0.15, 0.2) is 0 Å². The van der Waals surface area contributed by atoms with Crippen LogP contribution in [0.25, 0.3) is 10.9 Å². The monoisotopic (exact) mass is 230 g/mol. The van der Waals surface area contributed by atoms with Crippen molar-refractivity contribution in [2.24, 2.45) is 0 Å². The van der Waals surface area contributed by atoms with Crippen LogP contribution in [-0.4, -0.2) is 18.6 Å². The number of aromatic amines is 1. The second-order valence-electron chi connectivity index (χ2n) is 4.73. The van der Waals surface area contributed by atoms with Gasteiger partial charge in [-0.25, -0.2) is 0 Å². The Bertz CT molecular complexity index is 557. The van der Waals surface area contributed by atoms with E-state index in [0.717, 1.165) is 25.3 Å². The molecule has 0 fully saturated rings. The highest BCUT2D eigenvalue weighted by Crippen LogP contribution is 2.30. The first-order chi connectivity index (χ1) is 8.29. The van der Waals surface area contributed by atoms with E-state index >= 15 is 0 Å². The summed E-state index contributed by atoms with van der Waals surface area (Å²) in [6, 6.07) is 4.23. The van der Waals surface area contributed by atoms with E-state index in [9.17, 15) is 0 Å². The Balaban J connectivity index is 2.25. The van der Waals surface area contributed by atoms with Crippen molar-refractivity contribution in [1.29, 1.82) is 0 Å². The summed E-state index contributed by atoms with van der Waals surface area (Å²) >= 11 is 0. The normalized spacial score (nSPS) is 15.6. The van der Waals surface area contributed by atoms with E-state index in [0.29, 0.717) is 0 Å². The molecule has 0 saturated heterocycles. The van der Waals surface area contributed by atoms with Gasteiger partial charge in [0, 0.05) is 23.1 Å². The zero-order valence-electron chi connectivity index (χ0n) is 10.4. The number of ether oxygens (including phenoxy) is 1. The van der Waals surface area contributed by atoms with Crippen LogP contribution < -0.4 is 10.1 Å². The molecule has 0 radical (unpaired) electrons. The van der Waals surface area contributed by atoms with Crippen LogP contribution in [0.2, 0.25) is 0 Å². The molecule has 1 aromatic heterocycles. The van der Waals surface area contributed by atoms with Gasteiger partial charge in [-0.2, -0.15) is 0 Å². The summed E-state index contributed by atoms with van der Waals surface area (Å²) in [6.07, 6.45) is 2.34. The van der Waals surface area contributed by atoms with Gasteiger partial charge in [0.05, 0.1) is 7.11 Å². The van der Waals surface area contributed by atoms with E-state index in [1.807, 2.05) is 0 Å². The van der Waals surface area contributed by atoms with Crippen LogP contribution in [0.3, 0.4) is 0 Å². The first-order valence-corrected chi connectivity index (χ1v) is 6.18. The predicted molar refractivity (Wildman–Crippen MR) is 69.6 cm³/mol. The average Bonchev–Trinajstić information content (AvgIpc) is 2.54. The van der Waals surface area contributed by atoms with Gasteiger partial charge in [-0.1, -0.05) is 0 Å². The molecule has 1 aliphatic heterocycles. The Labute approximate surface area is 101 Å². The third kappa shape index (κ3) is 1.71. The smallest absolute Gasteiger partial charge is 0.119 e. The van der Waals surface area contributed by atoms with Crippen LogP contribution >= 0.6 is 0 Å². The summed E-state index contributed by atoms with van der Waals surface area (Å²) < 4.78 is 5.36. The molecule has 0 atom stereocenters. The number of fused-ring (bicyclic) bond motifs is 3. The van der Waals surface area contributed by atoms with Crippen LogP contribution in [-0.2, 0) is 13.0 Å². The zero-order valence-corrected chi connectivity index (χ0v) is 10.4. The van der Waals surface area contributed by atoms with Gasteiger partial charge in [-0.15, -0.1) is 0 Å². The van der Waals surface area contributed by atoms with Gasteiger partial charge < -0.3 is 15.0 Å². The Morgan fingerprint density at radius 2 is 2.18 bits per heavy atom. The highest BCUT2D eigenvalue weighted by Gasteiger charge is 2.15. The highest BCUT2D eigenvalue weighted by molar-refractivity contribution is 5.88. The maximum atomic E-state index is 5.36. The molecule has 0 bridgehead atoms. The van der Waals surface area contributed by atoms with Crippen LogP contribution in [0.4, 0.5) is 0 Å².